The van der Waals surface area contributed by atoms with Crippen molar-refractivity contribution in [3.8, 4) is 0 Å². The zero-order valence-electron chi connectivity index (χ0n) is 11.5. The van der Waals surface area contributed by atoms with Gasteiger partial charge in [-0.05, 0) is 37.2 Å². The minimum absolute atomic E-state index is 0.0987. The van der Waals surface area contributed by atoms with Gasteiger partial charge in [-0.1, -0.05) is 43.4 Å². The van der Waals surface area contributed by atoms with Crippen molar-refractivity contribution in [2.24, 2.45) is 11.8 Å². The van der Waals surface area contributed by atoms with Crippen LogP contribution < -0.4 is 0 Å². The average molecular weight is 258 g/mol. The van der Waals surface area contributed by atoms with Gasteiger partial charge in [0.15, 0.2) is 0 Å². The van der Waals surface area contributed by atoms with E-state index in [1.807, 2.05) is 24.3 Å². The van der Waals surface area contributed by atoms with Crippen molar-refractivity contribution in [3.05, 3.63) is 48.6 Å². The molecule has 0 aromatic heterocycles. The van der Waals surface area contributed by atoms with E-state index in [-0.39, 0.29) is 12.1 Å². The largest absolute Gasteiger partial charge is 0.455 e. The van der Waals surface area contributed by atoms with Crippen LogP contribution in [-0.4, -0.2) is 12.1 Å². The van der Waals surface area contributed by atoms with Gasteiger partial charge in [-0.2, -0.15) is 0 Å². The van der Waals surface area contributed by atoms with Crippen molar-refractivity contribution >= 4 is 5.97 Å². The maximum atomic E-state index is 11.0. The highest BCUT2D eigenvalue weighted by molar-refractivity contribution is 5.82. The number of hydrogen-bond acceptors (Lipinski definition) is 2. The van der Waals surface area contributed by atoms with E-state index in [1.165, 1.54) is 12.5 Å². The maximum absolute atomic E-state index is 11.0. The molecule has 0 aromatic carbocycles. The van der Waals surface area contributed by atoms with E-state index in [0.29, 0.717) is 0 Å². The molecule has 0 radical (unpaired) electrons. The first-order valence-corrected chi connectivity index (χ1v) is 7.13. The second-order valence-corrected chi connectivity index (χ2v) is 5.31. The van der Waals surface area contributed by atoms with Crippen LogP contribution in [0.4, 0.5) is 0 Å². The number of cyclic esters (lactones) is 1. The molecule has 1 aliphatic heterocycles. The minimum Gasteiger partial charge on any atom is -0.455 e. The Balaban J connectivity index is 1.57. The lowest BCUT2D eigenvalue weighted by Crippen LogP contribution is -2.17. The quantitative estimate of drug-likeness (QED) is 0.312. The van der Waals surface area contributed by atoms with Gasteiger partial charge in [0, 0.05) is 12.5 Å². The van der Waals surface area contributed by atoms with Crippen molar-refractivity contribution in [2.45, 2.75) is 38.7 Å². The number of ether oxygens (including phenoxy) is 1. The average Bonchev–Trinajstić information content (AvgIpc) is 3.09. The molecule has 0 spiro atoms. The molecule has 3 atom stereocenters. The molecule has 1 fully saturated rings. The molecule has 2 rings (SSSR count). The Bertz CT molecular complexity index is 415. The Labute approximate surface area is 115 Å². The summed E-state index contributed by atoms with van der Waals surface area (Å²) in [6.45, 7) is 2.30. The van der Waals surface area contributed by atoms with E-state index in [9.17, 15) is 4.79 Å². The molecule has 0 unspecified atom stereocenters. The third-order valence-electron chi connectivity index (χ3n) is 3.52. The van der Waals surface area contributed by atoms with Crippen LogP contribution in [0.5, 0.6) is 0 Å². The molecule has 0 aromatic rings. The lowest BCUT2D eigenvalue weighted by molar-refractivity contribution is -0.141. The first kappa shape index (κ1) is 13.9. The normalized spacial score (nSPS) is 30.6. The van der Waals surface area contributed by atoms with Crippen LogP contribution in [0.3, 0.4) is 0 Å². The van der Waals surface area contributed by atoms with E-state index in [2.05, 4.69) is 25.2 Å². The number of carbonyl (C=O) groups excluding carboxylic acids is 1. The molecule has 1 aliphatic carbocycles. The Kier molecular flexibility index (Phi) is 5.20. The van der Waals surface area contributed by atoms with Crippen molar-refractivity contribution in [1.82, 2.24) is 0 Å². The molecule has 102 valence electrons. The smallest absolute Gasteiger partial charge is 0.331 e. The summed E-state index contributed by atoms with van der Waals surface area (Å²) in [5.74, 6) is 1.50. The fourth-order valence-electron chi connectivity index (χ4n) is 2.10. The van der Waals surface area contributed by atoms with Crippen LogP contribution in [0.15, 0.2) is 48.6 Å². The van der Waals surface area contributed by atoms with E-state index in [0.717, 1.165) is 31.1 Å². The summed E-state index contributed by atoms with van der Waals surface area (Å²) in [7, 11) is 0. The number of rotatable bonds is 6. The zero-order chi connectivity index (χ0) is 13.5. The summed E-state index contributed by atoms with van der Waals surface area (Å²) < 4.78 is 5.12. The standard InChI is InChI=1S/C17H22O2/c1-14-13-15(14)9-6-4-2-3-5-7-10-16-11-8-12-17(18)19-16/h3,5-10,12,14-16H,2,4,11,13H2,1H3/b5-3+,9-6+,10-7+/t14-,15+,16+/m0/s1. The molecule has 0 amide bonds. The topological polar surface area (TPSA) is 26.3 Å². The summed E-state index contributed by atoms with van der Waals surface area (Å²) >= 11 is 0. The third kappa shape index (κ3) is 5.29. The van der Waals surface area contributed by atoms with E-state index in [4.69, 9.17) is 4.74 Å². The maximum Gasteiger partial charge on any atom is 0.331 e. The van der Waals surface area contributed by atoms with E-state index < -0.39 is 0 Å². The van der Waals surface area contributed by atoms with Crippen LogP contribution >= 0.6 is 0 Å². The Morgan fingerprint density at radius 3 is 2.79 bits per heavy atom. The number of unbranched alkanes of at least 4 members (excludes halogenated alkanes) is 1. The Hall–Kier alpha value is -1.57. The van der Waals surface area contributed by atoms with Crippen LogP contribution in [0.2, 0.25) is 0 Å². The molecule has 2 nitrogen and oxygen atoms in total. The zero-order valence-corrected chi connectivity index (χ0v) is 11.5. The molecule has 0 N–H and O–H groups in total. The molecular weight excluding hydrogens is 236 g/mol. The molecule has 1 heterocycles. The monoisotopic (exact) mass is 258 g/mol. The predicted molar refractivity (Wildman–Crippen MR) is 77.6 cm³/mol. The first-order valence-electron chi connectivity index (χ1n) is 7.13. The van der Waals surface area contributed by atoms with Gasteiger partial charge in [0.1, 0.15) is 6.10 Å². The summed E-state index contributed by atoms with van der Waals surface area (Å²) in [6.07, 6.45) is 20.3. The minimum atomic E-state index is -0.246. The number of allylic oxidation sites excluding steroid dienone is 5. The fourth-order valence-corrected chi connectivity index (χ4v) is 2.10. The van der Waals surface area contributed by atoms with Crippen LogP contribution in [0, 0.1) is 11.8 Å². The van der Waals surface area contributed by atoms with Crippen LogP contribution in [-0.2, 0) is 9.53 Å². The lowest BCUT2D eigenvalue weighted by atomic mass is 10.2. The van der Waals surface area contributed by atoms with E-state index in [1.54, 1.807) is 0 Å². The van der Waals surface area contributed by atoms with Gasteiger partial charge >= 0.3 is 5.97 Å². The van der Waals surface area contributed by atoms with E-state index >= 15 is 0 Å². The molecule has 0 bridgehead atoms. The Morgan fingerprint density at radius 2 is 2.05 bits per heavy atom. The highest BCUT2D eigenvalue weighted by Crippen LogP contribution is 2.38. The number of esters is 1. The fraction of sp³-hybridized carbons (Fsp3) is 0.471. The summed E-state index contributed by atoms with van der Waals surface area (Å²) in [6, 6.07) is 0. The summed E-state index contributed by atoms with van der Waals surface area (Å²) in [5, 5.41) is 0. The molecule has 19 heavy (non-hydrogen) atoms. The van der Waals surface area contributed by atoms with Crippen molar-refractivity contribution < 1.29 is 9.53 Å². The molecular formula is C17H22O2. The van der Waals surface area contributed by atoms with Gasteiger partial charge in [-0.15, -0.1) is 0 Å². The second kappa shape index (κ2) is 7.13. The first-order chi connectivity index (χ1) is 9.25. The van der Waals surface area contributed by atoms with Crippen LogP contribution in [0.1, 0.15) is 32.6 Å². The lowest BCUT2D eigenvalue weighted by Gasteiger charge is -2.13. The SMILES string of the molecule is C[C@H]1C[C@H]1/C=C/CC/C=C/C=C/[C@@H]1CC=CC(=O)O1. The molecule has 1 saturated carbocycles. The van der Waals surface area contributed by atoms with Gasteiger partial charge in [0.25, 0.3) is 0 Å². The van der Waals surface area contributed by atoms with Gasteiger partial charge in [-0.25, -0.2) is 4.79 Å². The van der Waals surface area contributed by atoms with Crippen molar-refractivity contribution in [2.75, 3.05) is 0 Å². The van der Waals surface area contributed by atoms with Gasteiger partial charge in [0.05, 0.1) is 0 Å². The number of hydrogen-bond donors (Lipinski definition) is 0. The van der Waals surface area contributed by atoms with Crippen LogP contribution in [0.25, 0.3) is 0 Å². The molecule has 0 saturated heterocycles. The third-order valence-corrected chi connectivity index (χ3v) is 3.52. The Morgan fingerprint density at radius 1 is 1.26 bits per heavy atom. The highest BCUT2D eigenvalue weighted by atomic mass is 16.5. The second-order valence-electron chi connectivity index (χ2n) is 5.31. The van der Waals surface area contributed by atoms with Gasteiger partial charge in [0.2, 0.25) is 0 Å². The van der Waals surface area contributed by atoms with Crippen molar-refractivity contribution in [1.29, 1.82) is 0 Å². The summed E-state index contributed by atoms with van der Waals surface area (Å²) in [5.41, 5.74) is 0. The van der Waals surface area contributed by atoms with Crippen molar-refractivity contribution in [3.63, 3.8) is 0 Å². The molecule has 2 heteroatoms. The number of carbonyl (C=O) groups is 1. The summed E-state index contributed by atoms with van der Waals surface area (Å²) in [4.78, 5) is 11.0. The van der Waals surface area contributed by atoms with Gasteiger partial charge < -0.3 is 4.74 Å². The molecule has 2 aliphatic rings. The van der Waals surface area contributed by atoms with Gasteiger partial charge in [-0.3, -0.25) is 0 Å². The predicted octanol–water partition coefficient (Wildman–Crippen LogP) is 3.96. The highest BCUT2D eigenvalue weighted by Gasteiger charge is 2.29.